The van der Waals surface area contributed by atoms with Crippen molar-refractivity contribution in [1.82, 2.24) is 4.90 Å². The van der Waals surface area contributed by atoms with Crippen LogP contribution in [0.1, 0.15) is 71.1 Å². The number of rotatable bonds is 21. The Kier molecular flexibility index (Phi) is 21.7. The van der Waals surface area contributed by atoms with Gasteiger partial charge in [0.25, 0.3) is 0 Å². The van der Waals surface area contributed by atoms with E-state index in [0.717, 1.165) is 52.0 Å². The molecule has 0 bridgehead atoms. The molecule has 0 radical (unpaired) electrons. The molecule has 0 aliphatic rings. The molecule has 0 aliphatic carbocycles. The lowest BCUT2D eigenvalue weighted by molar-refractivity contribution is 0.0948. The Labute approximate surface area is 155 Å². The Morgan fingerprint density at radius 1 is 0.560 bits per heavy atom. The molecule has 0 rings (SSSR count). The fourth-order valence-corrected chi connectivity index (χ4v) is 2.77. The summed E-state index contributed by atoms with van der Waals surface area (Å²) in [6, 6.07) is 0. The second-order valence-electron chi connectivity index (χ2n) is 6.70. The zero-order valence-electron chi connectivity index (χ0n) is 16.6. The van der Waals surface area contributed by atoms with Crippen LogP contribution < -0.4 is 0 Å². The summed E-state index contributed by atoms with van der Waals surface area (Å²) in [4.78, 5) is 2.53. The van der Waals surface area contributed by atoms with E-state index in [1.54, 1.807) is 0 Å². The maximum atomic E-state index is 8.75. The number of hydrogen-bond acceptors (Lipinski definition) is 5. The fourth-order valence-electron chi connectivity index (χ4n) is 2.77. The molecule has 0 aliphatic heterocycles. The van der Waals surface area contributed by atoms with E-state index in [1.165, 1.54) is 45.1 Å². The molecule has 0 atom stereocenters. The van der Waals surface area contributed by atoms with Crippen LogP contribution in [0, 0.1) is 0 Å². The second-order valence-corrected chi connectivity index (χ2v) is 6.70. The van der Waals surface area contributed by atoms with Gasteiger partial charge in [-0.2, -0.15) is 0 Å². The van der Waals surface area contributed by atoms with Crippen molar-refractivity contribution in [2.75, 3.05) is 59.3 Å². The number of ether oxygens (including phenoxy) is 2. The zero-order valence-corrected chi connectivity index (χ0v) is 16.6. The fraction of sp³-hybridized carbons (Fsp3) is 1.00. The normalized spacial score (nSPS) is 11.5. The van der Waals surface area contributed by atoms with Crippen molar-refractivity contribution in [3.8, 4) is 0 Å². The topological polar surface area (TPSA) is 62.2 Å². The second kappa shape index (κ2) is 21.8. The van der Waals surface area contributed by atoms with Gasteiger partial charge in [-0.3, -0.25) is 0 Å². The zero-order chi connectivity index (χ0) is 18.4. The Morgan fingerprint density at radius 3 is 1.52 bits per heavy atom. The van der Waals surface area contributed by atoms with E-state index >= 15 is 0 Å². The molecule has 0 heterocycles. The third kappa shape index (κ3) is 20.0. The number of unbranched alkanes of at least 4 members (excludes halogenated alkanes) is 5. The molecular formula is C20H43NO4. The number of aliphatic hydroxyl groups excluding tert-OH is 2. The van der Waals surface area contributed by atoms with Crippen molar-refractivity contribution >= 4 is 0 Å². The lowest BCUT2D eigenvalue weighted by Gasteiger charge is -2.22. The van der Waals surface area contributed by atoms with Crippen molar-refractivity contribution < 1.29 is 19.7 Å². The third-order valence-corrected chi connectivity index (χ3v) is 4.25. The van der Waals surface area contributed by atoms with Crippen molar-refractivity contribution in [2.24, 2.45) is 0 Å². The maximum absolute atomic E-state index is 8.75. The van der Waals surface area contributed by atoms with Gasteiger partial charge < -0.3 is 24.6 Å². The van der Waals surface area contributed by atoms with Crippen molar-refractivity contribution in [2.45, 2.75) is 71.1 Å². The SMILES string of the molecule is CCCCCCCCN(CCCOCCCO)CCCOCCCO. The molecule has 0 saturated carbocycles. The van der Waals surface area contributed by atoms with Crippen LogP contribution in [0.2, 0.25) is 0 Å². The van der Waals surface area contributed by atoms with Crippen LogP contribution in [0.25, 0.3) is 0 Å². The smallest absolute Gasteiger partial charge is 0.0487 e. The van der Waals surface area contributed by atoms with Gasteiger partial charge in [0, 0.05) is 52.7 Å². The molecule has 0 fully saturated rings. The highest BCUT2D eigenvalue weighted by Gasteiger charge is 2.05. The summed E-state index contributed by atoms with van der Waals surface area (Å²) in [5.74, 6) is 0. The number of aliphatic hydroxyl groups is 2. The van der Waals surface area contributed by atoms with E-state index in [1.807, 2.05) is 0 Å². The van der Waals surface area contributed by atoms with Crippen LogP contribution in [0.5, 0.6) is 0 Å². The van der Waals surface area contributed by atoms with Gasteiger partial charge in [0.2, 0.25) is 0 Å². The Morgan fingerprint density at radius 2 is 1.00 bits per heavy atom. The van der Waals surface area contributed by atoms with E-state index < -0.39 is 0 Å². The van der Waals surface area contributed by atoms with Gasteiger partial charge in [-0.1, -0.05) is 39.0 Å². The molecule has 0 aromatic heterocycles. The summed E-state index contributed by atoms with van der Waals surface area (Å²) in [5, 5.41) is 17.5. The Hall–Kier alpha value is -0.200. The first-order valence-electron chi connectivity index (χ1n) is 10.4. The van der Waals surface area contributed by atoms with Crippen LogP contribution >= 0.6 is 0 Å². The molecule has 5 nitrogen and oxygen atoms in total. The largest absolute Gasteiger partial charge is 0.396 e. The van der Waals surface area contributed by atoms with E-state index in [4.69, 9.17) is 19.7 Å². The minimum Gasteiger partial charge on any atom is -0.396 e. The van der Waals surface area contributed by atoms with Crippen molar-refractivity contribution in [3.63, 3.8) is 0 Å². The first-order valence-corrected chi connectivity index (χ1v) is 10.4. The molecule has 0 aromatic carbocycles. The van der Waals surface area contributed by atoms with Gasteiger partial charge in [0.1, 0.15) is 0 Å². The number of nitrogens with zero attached hydrogens (tertiary/aromatic N) is 1. The Balaban J connectivity index is 3.76. The molecule has 2 N–H and O–H groups in total. The van der Waals surface area contributed by atoms with Gasteiger partial charge in [-0.25, -0.2) is 0 Å². The molecule has 0 saturated heterocycles. The van der Waals surface area contributed by atoms with Crippen LogP contribution in [0.3, 0.4) is 0 Å². The van der Waals surface area contributed by atoms with Gasteiger partial charge in [0.15, 0.2) is 0 Å². The summed E-state index contributed by atoms with van der Waals surface area (Å²) in [7, 11) is 0. The molecule has 25 heavy (non-hydrogen) atoms. The lowest BCUT2D eigenvalue weighted by Crippen LogP contribution is -2.29. The van der Waals surface area contributed by atoms with Gasteiger partial charge in [0.05, 0.1) is 0 Å². The highest BCUT2D eigenvalue weighted by molar-refractivity contribution is 4.59. The van der Waals surface area contributed by atoms with Gasteiger partial charge in [-0.05, 0) is 38.6 Å². The lowest BCUT2D eigenvalue weighted by atomic mass is 10.1. The molecule has 0 spiro atoms. The molecule has 0 unspecified atom stereocenters. The predicted molar refractivity (Wildman–Crippen MR) is 104 cm³/mol. The average Bonchev–Trinajstić information content (AvgIpc) is 2.63. The van der Waals surface area contributed by atoms with E-state index in [2.05, 4.69) is 11.8 Å². The predicted octanol–water partition coefficient (Wildman–Crippen LogP) is 3.23. The number of hydrogen-bond donors (Lipinski definition) is 2. The summed E-state index contributed by atoms with van der Waals surface area (Å²) >= 11 is 0. The summed E-state index contributed by atoms with van der Waals surface area (Å²) in [5.41, 5.74) is 0. The molecular weight excluding hydrogens is 318 g/mol. The van der Waals surface area contributed by atoms with E-state index in [-0.39, 0.29) is 13.2 Å². The highest BCUT2D eigenvalue weighted by Crippen LogP contribution is 2.07. The molecule has 0 aromatic rings. The van der Waals surface area contributed by atoms with Crippen LogP contribution in [0.15, 0.2) is 0 Å². The Bertz CT molecular complexity index is 204. The minimum absolute atomic E-state index is 0.209. The molecule has 152 valence electrons. The maximum Gasteiger partial charge on any atom is 0.0487 e. The quantitative estimate of drug-likeness (QED) is 0.307. The first-order chi connectivity index (χ1) is 12.3. The van der Waals surface area contributed by atoms with Crippen LogP contribution in [-0.4, -0.2) is 74.4 Å². The van der Waals surface area contributed by atoms with Crippen LogP contribution in [-0.2, 0) is 9.47 Å². The monoisotopic (exact) mass is 361 g/mol. The third-order valence-electron chi connectivity index (χ3n) is 4.25. The standard InChI is InChI=1S/C20H43NO4/c1-2-3-4-5-6-7-12-21(13-8-17-24-19-10-15-22)14-9-18-25-20-11-16-23/h22-23H,2-20H2,1H3. The van der Waals surface area contributed by atoms with Crippen molar-refractivity contribution in [3.05, 3.63) is 0 Å². The highest BCUT2D eigenvalue weighted by atomic mass is 16.5. The van der Waals surface area contributed by atoms with E-state index in [0.29, 0.717) is 13.2 Å². The minimum atomic E-state index is 0.209. The molecule has 0 amide bonds. The summed E-state index contributed by atoms with van der Waals surface area (Å²) < 4.78 is 11.1. The average molecular weight is 362 g/mol. The summed E-state index contributed by atoms with van der Waals surface area (Å²) in [6.07, 6.45) is 11.6. The van der Waals surface area contributed by atoms with E-state index in [9.17, 15) is 0 Å². The molecule has 5 heteroatoms. The first kappa shape index (κ1) is 24.8. The van der Waals surface area contributed by atoms with Gasteiger partial charge in [-0.15, -0.1) is 0 Å². The summed E-state index contributed by atoms with van der Waals surface area (Å²) in [6.45, 7) is 8.86. The van der Waals surface area contributed by atoms with Gasteiger partial charge >= 0.3 is 0 Å². The van der Waals surface area contributed by atoms with Crippen LogP contribution in [0.4, 0.5) is 0 Å². The van der Waals surface area contributed by atoms with Crippen molar-refractivity contribution in [1.29, 1.82) is 0 Å².